The van der Waals surface area contributed by atoms with Crippen molar-refractivity contribution in [1.29, 1.82) is 0 Å². The van der Waals surface area contributed by atoms with Crippen LogP contribution in [0.3, 0.4) is 0 Å². The molecule has 1 saturated carbocycles. The minimum Gasteiger partial charge on any atom is -0.481 e. The number of H-pyrrole nitrogens is 1. The molecule has 0 aliphatic heterocycles. The van der Waals surface area contributed by atoms with Crippen molar-refractivity contribution in [2.45, 2.75) is 31.8 Å². The average molecular weight is 412 g/mol. The van der Waals surface area contributed by atoms with Crippen molar-refractivity contribution in [2.24, 2.45) is 5.92 Å². The molecule has 0 radical (unpaired) electrons. The largest absolute Gasteiger partial charge is 0.481 e. The first kappa shape index (κ1) is 18.0. The Morgan fingerprint density at radius 3 is 2.79 bits per heavy atom. The fourth-order valence-corrected chi connectivity index (χ4v) is 4.13. The molecule has 1 aliphatic rings. The number of rotatable bonds is 4. The van der Waals surface area contributed by atoms with Crippen LogP contribution in [0.5, 0.6) is 6.01 Å². The molecule has 3 aromatic heterocycles. The van der Waals surface area contributed by atoms with Gasteiger partial charge in [-0.2, -0.15) is 4.98 Å². The normalized spacial score (nSPS) is 19.6. The number of furan rings is 1. The lowest BCUT2D eigenvalue weighted by atomic mass is 9.87. The average Bonchev–Trinajstić information content (AvgIpc) is 3.31. The van der Waals surface area contributed by atoms with Gasteiger partial charge in [0.15, 0.2) is 5.65 Å². The van der Waals surface area contributed by atoms with E-state index in [0.29, 0.717) is 53.6 Å². The Bertz CT molecular complexity index is 1210. The monoisotopic (exact) mass is 411 g/mol. The van der Waals surface area contributed by atoms with E-state index in [0.717, 1.165) is 16.5 Å². The number of fused-ring (bicyclic) bond motifs is 2. The van der Waals surface area contributed by atoms with Crippen LogP contribution in [-0.2, 0) is 4.79 Å². The summed E-state index contributed by atoms with van der Waals surface area (Å²) in [6, 6.07) is 9.84. The summed E-state index contributed by atoms with van der Waals surface area (Å²) in [6.45, 7) is 0. The standard InChI is InChI=1S/C21H18ClN3O4/c22-15-9-16-19(24-18(15)14-10-28-17-4-2-1-3-13(14)17)25-21(23-16)29-12-7-5-11(6-8-12)20(26)27/h1-4,9-12H,5-8H2,(H,26,27)(H,23,24,25)/t11-,12-. The maximum absolute atomic E-state index is 11.1. The minimum atomic E-state index is -0.731. The summed E-state index contributed by atoms with van der Waals surface area (Å²) in [5.41, 5.74) is 3.38. The molecule has 29 heavy (non-hydrogen) atoms. The van der Waals surface area contributed by atoms with Gasteiger partial charge in [0.1, 0.15) is 23.5 Å². The molecule has 0 unspecified atom stereocenters. The molecule has 0 saturated heterocycles. The van der Waals surface area contributed by atoms with E-state index in [1.807, 2.05) is 24.3 Å². The van der Waals surface area contributed by atoms with Crippen LogP contribution in [0.4, 0.5) is 0 Å². The van der Waals surface area contributed by atoms with Gasteiger partial charge in [0, 0.05) is 10.9 Å². The first-order valence-electron chi connectivity index (χ1n) is 9.51. The molecule has 0 amide bonds. The molecule has 2 N–H and O–H groups in total. The Morgan fingerprint density at radius 2 is 2.00 bits per heavy atom. The number of hydrogen-bond acceptors (Lipinski definition) is 5. The molecular formula is C21H18ClN3O4. The molecule has 3 heterocycles. The number of aromatic amines is 1. The molecule has 5 rings (SSSR count). The van der Waals surface area contributed by atoms with Gasteiger partial charge in [-0.15, -0.1) is 0 Å². The fourth-order valence-electron chi connectivity index (χ4n) is 3.89. The molecule has 8 heteroatoms. The van der Waals surface area contributed by atoms with Crippen LogP contribution in [0.2, 0.25) is 5.02 Å². The quantitative estimate of drug-likeness (QED) is 0.487. The zero-order chi connectivity index (χ0) is 20.0. The first-order chi connectivity index (χ1) is 14.1. The van der Waals surface area contributed by atoms with E-state index >= 15 is 0 Å². The molecule has 4 aromatic rings. The van der Waals surface area contributed by atoms with Crippen molar-refractivity contribution in [3.63, 3.8) is 0 Å². The third-order valence-electron chi connectivity index (χ3n) is 5.44. The number of nitrogens with one attached hydrogen (secondary N) is 1. The first-order valence-corrected chi connectivity index (χ1v) is 9.88. The number of nitrogens with zero attached hydrogens (tertiary/aromatic N) is 2. The zero-order valence-corrected chi connectivity index (χ0v) is 16.1. The predicted octanol–water partition coefficient (Wildman–Crippen LogP) is 5.05. The molecular weight excluding hydrogens is 394 g/mol. The Labute approximate surface area is 170 Å². The zero-order valence-electron chi connectivity index (χ0n) is 15.4. The highest BCUT2D eigenvalue weighted by molar-refractivity contribution is 6.34. The highest BCUT2D eigenvalue weighted by Crippen LogP contribution is 2.35. The van der Waals surface area contributed by atoms with Gasteiger partial charge >= 0.3 is 5.97 Å². The smallest absolute Gasteiger partial charge is 0.306 e. The van der Waals surface area contributed by atoms with Crippen molar-refractivity contribution < 1.29 is 19.1 Å². The summed E-state index contributed by atoms with van der Waals surface area (Å²) < 4.78 is 11.6. The lowest BCUT2D eigenvalue weighted by Gasteiger charge is -2.25. The number of imidazole rings is 1. The number of carbonyl (C=O) groups is 1. The number of pyridine rings is 1. The van der Waals surface area contributed by atoms with Gasteiger partial charge in [-0.25, -0.2) is 4.98 Å². The summed E-state index contributed by atoms with van der Waals surface area (Å²) in [7, 11) is 0. The van der Waals surface area contributed by atoms with E-state index in [1.54, 1.807) is 12.3 Å². The van der Waals surface area contributed by atoms with Gasteiger partial charge in [-0.3, -0.25) is 9.78 Å². The SMILES string of the molecule is O=C(O)[C@H]1CC[C@H](Oc2nc3cc(Cl)c(-c4coc5ccccc45)nc3[nH]2)CC1. The van der Waals surface area contributed by atoms with Crippen LogP contribution in [0.1, 0.15) is 25.7 Å². The van der Waals surface area contributed by atoms with E-state index in [2.05, 4.69) is 15.0 Å². The number of ether oxygens (including phenoxy) is 1. The number of carboxylic acid groups (broad SMARTS) is 1. The Hall–Kier alpha value is -3.06. The summed E-state index contributed by atoms with van der Waals surface area (Å²) in [6.07, 6.45) is 4.20. The number of para-hydroxylation sites is 1. The number of benzene rings is 1. The summed E-state index contributed by atoms with van der Waals surface area (Å²) >= 11 is 6.49. The highest BCUT2D eigenvalue weighted by atomic mass is 35.5. The van der Waals surface area contributed by atoms with Crippen LogP contribution >= 0.6 is 11.6 Å². The number of hydrogen-bond donors (Lipinski definition) is 2. The van der Waals surface area contributed by atoms with E-state index in [4.69, 9.17) is 25.9 Å². The van der Waals surface area contributed by atoms with Crippen LogP contribution in [0.25, 0.3) is 33.4 Å². The Balaban J connectivity index is 1.42. The maximum atomic E-state index is 11.1. The fraction of sp³-hybridized carbons (Fsp3) is 0.286. The van der Waals surface area contributed by atoms with Crippen molar-refractivity contribution in [2.75, 3.05) is 0 Å². The molecule has 0 atom stereocenters. The minimum absolute atomic E-state index is 0.0566. The Kier molecular flexibility index (Phi) is 4.39. The van der Waals surface area contributed by atoms with Crippen LogP contribution in [0, 0.1) is 5.92 Å². The third kappa shape index (κ3) is 3.31. The Morgan fingerprint density at radius 1 is 1.21 bits per heavy atom. The second-order valence-electron chi connectivity index (χ2n) is 7.30. The van der Waals surface area contributed by atoms with Crippen LogP contribution in [0.15, 0.2) is 41.0 Å². The molecule has 1 aromatic carbocycles. The second kappa shape index (κ2) is 7.08. The van der Waals surface area contributed by atoms with Gasteiger partial charge in [0.2, 0.25) is 0 Å². The molecule has 0 bridgehead atoms. The summed E-state index contributed by atoms with van der Waals surface area (Å²) in [5.74, 6) is -1.01. The number of halogens is 1. The van der Waals surface area contributed by atoms with Gasteiger partial charge < -0.3 is 14.3 Å². The van der Waals surface area contributed by atoms with Gasteiger partial charge in [0.25, 0.3) is 6.01 Å². The van der Waals surface area contributed by atoms with Crippen molar-refractivity contribution in [3.05, 3.63) is 41.6 Å². The molecule has 148 valence electrons. The van der Waals surface area contributed by atoms with E-state index in [9.17, 15) is 4.79 Å². The number of aliphatic carboxylic acids is 1. The van der Waals surface area contributed by atoms with Crippen molar-refractivity contribution in [1.82, 2.24) is 15.0 Å². The third-order valence-corrected chi connectivity index (χ3v) is 5.73. The highest BCUT2D eigenvalue weighted by Gasteiger charge is 2.27. The number of aromatic nitrogens is 3. The van der Waals surface area contributed by atoms with Gasteiger partial charge in [-0.1, -0.05) is 29.8 Å². The van der Waals surface area contributed by atoms with Gasteiger partial charge in [-0.05, 0) is 37.8 Å². The lowest BCUT2D eigenvalue weighted by Crippen LogP contribution is -2.28. The van der Waals surface area contributed by atoms with E-state index in [-0.39, 0.29) is 12.0 Å². The van der Waals surface area contributed by atoms with Crippen molar-refractivity contribution >= 4 is 39.7 Å². The predicted molar refractivity (Wildman–Crippen MR) is 108 cm³/mol. The van der Waals surface area contributed by atoms with E-state index < -0.39 is 5.97 Å². The second-order valence-corrected chi connectivity index (χ2v) is 7.71. The van der Waals surface area contributed by atoms with Crippen LogP contribution in [-0.4, -0.2) is 32.1 Å². The lowest BCUT2D eigenvalue weighted by molar-refractivity contribution is -0.143. The van der Waals surface area contributed by atoms with Crippen molar-refractivity contribution in [3.8, 4) is 17.3 Å². The molecule has 7 nitrogen and oxygen atoms in total. The van der Waals surface area contributed by atoms with Gasteiger partial charge in [0.05, 0.1) is 16.6 Å². The topological polar surface area (TPSA) is 101 Å². The summed E-state index contributed by atoms with van der Waals surface area (Å²) in [4.78, 5) is 23.3. The molecule has 1 aliphatic carbocycles. The maximum Gasteiger partial charge on any atom is 0.306 e. The molecule has 0 spiro atoms. The van der Waals surface area contributed by atoms with Crippen LogP contribution < -0.4 is 4.74 Å². The molecule has 1 fully saturated rings. The summed E-state index contributed by atoms with van der Waals surface area (Å²) in [5, 5.41) is 10.5. The van der Waals surface area contributed by atoms with E-state index in [1.165, 1.54) is 0 Å². The number of carboxylic acids is 1.